The van der Waals surface area contributed by atoms with E-state index in [2.05, 4.69) is 22.5 Å². The predicted molar refractivity (Wildman–Crippen MR) is 134 cm³/mol. The minimum absolute atomic E-state index is 0.193. The van der Waals surface area contributed by atoms with Crippen LogP contribution in [0.15, 0.2) is 70.3 Å². The van der Waals surface area contributed by atoms with E-state index in [4.69, 9.17) is 13.7 Å². The van der Waals surface area contributed by atoms with Gasteiger partial charge in [-0.3, -0.25) is 9.27 Å². The lowest BCUT2D eigenvalue weighted by molar-refractivity contribution is 0.0600. The number of methoxy groups -OCH3 is 1. The fourth-order valence-electron chi connectivity index (χ4n) is 3.50. The van der Waals surface area contributed by atoms with Crippen LogP contribution in [0.3, 0.4) is 0 Å². The molecule has 3 aromatic rings. The first-order chi connectivity index (χ1) is 16.7. The van der Waals surface area contributed by atoms with E-state index in [-0.39, 0.29) is 17.1 Å². The second kappa shape index (κ2) is 10.4. The molecular formula is C23H24N4O6S2. The Morgan fingerprint density at radius 1 is 1.23 bits per heavy atom. The summed E-state index contributed by atoms with van der Waals surface area (Å²) in [5.74, 6) is 0.130. The highest BCUT2D eigenvalue weighted by Crippen LogP contribution is 2.28. The van der Waals surface area contributed by atoms with E-state index in [1.807, 2.05) is 10.1 Å². The first-order valence-corrected chi connectivity index (χ1v) is 13.0. The Balaban J connectivity index is 1.50. The topological polar surface area (TPSA) is 143 Å². The Morgan fingerprint density at radius 2 is 1.94 bits per heavy atom. The molecule has 4 N–H and O–H groups in total. The Kier molecular flexibility index (Phi) is 7.34. The van der Waals surface area contributed by atoms with E-state index in [1.54, 1.807) is 66.5 Å². The normalized spacial score (nSPS) is 16.2. The van der Waals surface area contributed by atoms with Gasteiger partial charge in [-0.25, -0.2) is 9.78 Å². The van der Waals surface area contributed by atoms with Gasteiger partial charge in [-0.2, -0.15) is 8.42 Å². The molecule has 1 aliphatic rings. The predicted octanol–water partition coefficient (Wildman–Crippen LogP) is 3.89. The zero-order valence-corrected chi connectivity index (χ0v) is 20.5. The fraction of sp³-hybridized carbons (Fsp3) is 0.217. The number of nitrogens with one attached hydrogen (secondary N) is 3. The maximum Gasteiger partial charge on any atom is 0.357 e. The van der Waals surface area contributed by atoms with Gasteiger partial charge in [-0.15, -0.1) is 11.8 Å². The lowest BCUT2D eigenvalue weighted by Crippen LogP contribution is -2.32. The van der Waals surface area contributed by atoms with Crippen molar-refractivity contribution < 1.29 is 26.9 Å². The van der Waals surface area contributed by atoms with Crippen LogP contribution < -0.4 is 15.4 Å². The van der Waals surface area contributed by atoms with Crippen LogP contribution in [0.2, 0.25) is 0 Å². The second-order valence-electron chi connectivity index (χ2n) is 7.77. The standard InChI is InChI=1S/C23H24N4O6S2/c1-14-25-20(13-34-14)19(11-15-3-9-18(10-4-15)27-35(29,30)31)26-23-24-12-21(33-23)16-5-7-17(8-6-16)22(28)32-2/h3-10,12-14,19,25,27H,11H2,1-2H3,(H,24,26)(H,29,30,31)/t14?,19-/m0/s1. The quantitative estimate of drug-likeness (QED) is 0.244. The van der Waals surface area contributed by atoms with Crippen LogP contribution in [0.5, 0.6) is 0 Å². The van der Waals surface area contributed by atoms with Crippen LogP contribution >= 0.6 is 11.8 Å². The van der Waals surface area contributed by atoms with Crippen molar-refractivity contribution in [3.8, 4) is 11.3 Å². The summed E-state index contributed by atoms with van der Waals surface area (Å²) < 4.78 is 43.6. The highest BCUT2D eigenvalue weighted by Gasteiger charge is 2.23. The van der Waals surface area contributed by atoms with Gasteiger partial charge in [0.15, 0.2) is 5.76 Å². The Hall–Kier alpha value is -3.48. The van der Waals surface area contributed by atoms with Crippen LogP contribution in [-0.4, -0.2) is 42.4 Å². The van der Waals surface area contributed by atoms with Crippen LogP contribution in [0, 0.1) is 0 Å². The van der Waals surface area contributed by atoms with Gasteiger partial charge >= 0.3 is 16.3 Å². The molecule has 10 nitrogen and oxygen atoms in total. The van der Waals surface area contributed by atoms with Gasteiger partial charge in [0.25, 0.3) is 6.01 Å². The van der Waals surface area contributed by atoms with Crippen LogP contribution in [0.25, 0.3) is 11.3 Å². The summed E-state index contributed by atoms with van der Waals surface area (Å²) in [6.07, 6.45) is 2.17. The number of nitrogens with zero attached hydrogens (tertiary/aromatic N) is 1. The van der Waals surface area contributed by atoms with E-state index >= 15 is 0 Å². The Morgan fingerprint density at radius 3 is 2.54 bits per heavy atom. The maximum absolute atomic E-state index is 11.6. The molecule has 0 amide bonds. The monoisotopic (exact) mass is 516 g/mol. The van der Waals surface area contributed by atoms with E-state index in [1.165, 1.54) is 7.11 Å². The van der Waals surface area contributed by atoms with Crippen molar-refractivity contribution in [3.63, 3.8) is 0 Å². The molecule has 4 rings (SSSR count). The third kappa shape index (κ3) is 6.56. The van der Waals surface area contributed by atoms with Crippen LogP contribution in [0.4, 0.5) is 11.7 Å². The third-order valence-electron chi connectivity index (χ3n) is 5.18. The van der Waals surface area contributed by atoms with Crippen LogP contribution in [0.1, 0.15) is 22.8 Å². The van der Waals surface area contributed by atoms with Crippen molar-refractivity contribution in [3.05, 3.63) is 77.0 Å². The number of esters is 1. The minimum atomic E-state index is -4.33. The highest BCUT2D eigenvalue weighted by molar-refractivity contribution is 8.02. The Labute approximate surface area is 207 Å². The van der Waals surface area contributed by atoms with Gasteiger partial charge in [-0.05, 0) is 48.6 Å². The van der Waals surface area contributed by atoms with Gasteiger partial charge in [0, 0.05) is 11.3 Å². The molecule has 0 radical (unpaired) electrons. The SMILES string of the molecule is COC(=O)c1ccc(-c2cnc(N[C@@H](Cc3ccc(NS(=O)(=O)O)cc3)C3=CSC(C)N3)o2)cc1. The van der Waals surface area contributed by atoms with E-state index in [0.717, 1.165) is 16.8 Å². The summed E-state index contributed by atoms with van der Waals surface area (Å²) in [4.78, 5) is 16.0. The summed E-state index contributed by atoms with van der Waals surface area (Å²) >= 11 is 1.66. The van der Waals surface area contributed by atoms with Gasteiger partial charge in [0.2, 0.25) is 0 Å². The lowest BCUT2D eigenvalue weighted by atomic mass is 10.0. The number of hydrogen-bond acceptors (Lipinski definition) is 9. The number of aromatic nitrogens is 1. The molecule has 0 saturated heterocycles. The largest absolute Gasteiger partial charge is 0.465 e. The smallest absolute Gasteiger partial charge is 0.357 e. The summed E-state index contributed by atoms with van der Waals surface area (Å²) in [7, 11) is -3.00. The zero-order chi connectivity index (χ0) is 25.0. The average Bonchev–Trinajstić information content (AvgIpc) is 3.47. The maximum atomic E-state index is 11.6. The zero-order valence-electron chi connectivity index (χ0n) is 18.9. The van der Waals surface area contributed by atoms with E-state index in [9.17, 15) is 13.2 Å². The molecule has 35 heavy (non-hydrogen) atoms. The molecule has 0 bridgehead atoms. The van der Waals surface area contributed by atoms with Crippen molar-refractivity contribution >= 4 is 39.7 Å². The molecule has 1 aromatic heterocycles. The number of benzene rings is 2. The molecule has 2 heterocycles. The average molecular weight is 517 g/mol. The molecule has 2 atom stereocenters. The van der Waals surface area contributed by atoms with Crippen molar-refractivity contribution in [2.75, 3.05) is 17.1 Å². The van der Waals surface area contributed by atoms with Crippen molar-refractivity contribution in [2.24, 2.45) is 0 Å². The summed E-state index contributed by atoms with van der Waals surface area (Å²) in [5, 5.41) is 9.02. The van der Waals surface area contributed by atoms with Gasteiger partial charge in [-0.1, -0.05) is 24.3 Å². The van der Waals surface area contributed by atoms with Gasteiger partial charge in [0.1, 0.15) is 0 Å². The number of ether oxygens (including phenoxy) is 1. The Bertz CT molecular complexity index is 1320. The number of carbonyl (C=O) groups excluding carboxylic acids is 1. The molecule has 2 aromatic carbocycles. The summed E-state index contributed by atoms with van der Waals surface area (Å²) in [5.41, 5.74) is 3.38. The molecule has 1 aliphatic heterocycles. The number of rotatable bonds is 9. The first-order valence-electron chi connectivity index (χ1n) is 10.6. The summed E-state index contributed by atoms with van der Waals surface area (Å²) in [6, 6.07) is 13.7. The minimum Gasteiger partial charge on any atom is -0.465 e. The molecule has 184 valence electrons. The number of anilines is 2. The molecule has 0 saturated carbocycles. The number of oxazole rings is 1. The van der Waals surface area contributed by atoms with E-state index < -0.39 is 16.3 Å². The fourth-order valence-corrected chi connectivity index (χ4v) is 4.73. The second-order valence-corrected chi connectivity index (χ2v) is 10.1. The highest BCUT2D eigenvalue weighted by atomic mass is 32.2. The number of carbonyl (C=O) groups is 1. The van der Waals surface area contributed by atoms with Crippen molar-refractivity contribution in [1.29, 1.82) is 0 Å². The third-order valence-corrected chi connectivity index (χ3v) is 6.59. The molecule has 0 aliphatic carbocycles. The van der Waals surface area contributed by atoms with Gasteiger partial charge < -0.3 is 19.8 Å². The van der Waals surface area contributed by atoms with E-state index in [0.29, 0.717) is 23.8 Å². The lowest BCUT2D eigenvalue weighted by Gasteiger charge is -2.21. The summed E-state index contributed by atoms with van der Waals surface area (Å²) in [6.45, 7) is 2.06. The van der Waals surface area contributed by atoms with Crippen LogP contribution in [-0.2, 0) is 21.5 Å². The molecule has 0 fully saturated rings. The molecule has 12 heteroatoms. The van der Waals surface area contributed by atoms with Crippen molar-refractivity contribution in [2.45, 2.75) is 24.8 Å². The molecule has 0 spiro atoms. The first kappa shape index (κ1) is 24.6. The molecule has 1 unspecified atom stereocenters. The molecular weight excluding hydrogens is 492 g/mol. The van der Waals surface area contributed by atoms with Gasteiger partial charge in [0.05, 0.1) is 36.0 Å². The number of thioether (sulfide) groups is 1. The number of hydrogen-bond donors (Lipinski definition) is 4. The van der Waals surface area contributed by atoms with Crippen molar-refractivity contribution in [1.82, 2.24) is 10.3 Å².